The van der Waals surface area contributed by atoms with Crippen LogP contribution in [0.3, 0.4) is 0 Å². The molecule has 1 heterocycles. The number of ether oxygens (including phenoxy) is 2. The maximum absolute atomic E-state index is 11.9. The minimum Gasteiger partial charge on any atom is -0.463 e. The fourth-order valence-corrected chi connectivity index (χ4v) is 3.18. The molecule has 0 aromatic rings. The predicted octanol–water partition coefficient (Wildman–Crippen LogP) is 1.89. The maximum atomic E-state index is 11.9. The predicted molar refractivity (Wildman–Crippen MR) is 79.8 cm³/mol. The van der Waals surface area contributed by atoms with Gasteiger partial charge in [-0.1, -0.05) is 34.6 Å². The lowest BCUT2D eigenvalue weighted by molar-refractivity contribution is -0.153. The molecule has 1 saturated heterocycles. The van der Waals surface area contributed by atoms with E-state index in [9.17, 15) is 15.0 Å². The molecule has 1 aliphatic rings. The minimum atomic E-state index is -0.975. The van der Waals surface area contributed by atoms with Crippen LogP contribution in [-0.4, -0.2) is 47.7 Å². The molecular weight excluding hydrogens is 272 g/mol. The fourth-order valence-electron chi connectivity index (χ4n) is 3.18. The molecule has 2 N–H and O–H groups in total. The van der Waals surface area contributed by atoms with Crippen LogP contribution >= 0.6 is 0 Å². The second kappa shape index (κ2) is 7.07. The summed E-state index contributed by atoms with van der Waals surface area (Å²) in [5.41, 5.74) is -0.00521. The Labute approximate surface area is 127 Å². The zero-order valence-corrected chi connectivity index (χ0v) is 13.9. The normalized spacial score (nSPS) is 24.9. The van der Waals surface area contributed by atoms with Crippen molar-refractivity contribution in [2.24, 2.45) is 10.8 Å². The number of aliphatic hydroxyl groups excluding tert-OH is 2. The van der Waals surface area contributed by atoms with Crippen molar-refractivity contribution in [3.63, 3.8) is 0 Å². The van der Waals surface area contributed by atoms with Crippen molar-refractivity contribution in [1.82, 2.24) is 0 Å². The summed E-state index contributed by atoms with van der Waals surface area (Å²) in [5, 5.41) is 19.5. The van der Waals surface area contributed by atoms with Gasteiger partial charge in [0.05, 0.1) is 12.5 Å². The van der Waals surface area contributed by atoms with Gasteiger partial charge >= 0.3 is 5.97 Å². The van der Waals surface area contributed by atoms with Crippen molar-refractivity contribution in [3.8, 4) is 0 Å². The third-order valence-corrected chi connectivity index (χ3v) is 3.53. The average molecular weight is 302 g/mol. The Balaban J connectivity index is 2.36. The van der Waals surface area contributed by atoms with Crippen molar-refractivity contribution >= 4 is 5.97 Å². The molecule has 0 aromatic carbocycles. The minimum absolute atomic E-state index is 0.133. The molecule has 0 aromatic heterocycles. The van der Waals surface area contributed by atoms with Gasteiger partial charge in [-0.05, 0) is 23.7 Å². The van der Waals surface area contributed by atoms with Crippen molar-refractivity contribution in [3.05, 3.63) is 0 Å². The SMILES string of the molecule is CC(C)(C)CC(C)(C)CC(=O)OC[C@@H](O)[C@H]1OCC[C@H]1O. The standard InChI is InChI=1S/C16H30O5/c1-15(2,3)10-16(4,5)8-13(19)21-9-12(18)14-11(17)6-7-20-14/h11-12,14,17-18H,6-10H2,1-5H3/t11-,12-,14+/m1/s1. The van der Waals surface area contributed by atoms with Crippen molar-refractivity contribution in [2.45, 2.75) is 72.2 Å². The Kier molecular flexibility index (Phi) is 6.20. The molecule has 1 rings (SSSR count). The maximum Gasteiger partial charge on any atom is 0.306 e. The van der Waals surface area contributed by atoms with Crippen LogP contribution in [-0.2, 0) is 14.3 Å². The first-order chi connectivity index (χ1) is 9.50. The molecule has 0 bridgehead atoms. The van der Waals surface area contributed by atoms with Gasteiger partial charge in [0.1, 0.15) is 18.8 Å². The molecule has 3 atom stereocenters. The van der Waals surface area contributed by atoms with Crippen LogP contribution in [0.2, 0.25) is 0 Å². The molecule has 0 aliphatic carbocycles. The first-order valence-corrected chi connectivity index (χ1v) is 7.64. The van der Waals surface area contributed by atoms with Crippen LogP contribution < -0.4 is 0 Å². The van der Waals surface area contributed by atoms with Gasteiger partial charge in [-0.3, -0.25) is 4.79 Å². The molecule has 21 heavy (non-hydrogen) atoms. The van der Waals surface area contributed by atoms with E-state index in [0.29, 0.717) is 19.4 Å². The topological polar surface area (TPSA) is 76.0 Å². The third kappa shape index (κ3) is 6.76. The van der Waals surface area contributed by atoms with Crippen LogP contribution in [0, 0.1) is 10.8 Å². The summed E-state index contributed by atoms with van der Waals surface area (Å²) in [7, 11) is 0. The zero-order valence-electron chi connectivity index (χ0n) is 13.9. The van der Waals surface area contributed by atoms with Crippen molar-refractivity contribution in [2.75, 3.05) is 13.2 Å². The first kappa shape index (κ1) is 18.4. The number of esters is 1. The van der Waals surface area contributed by atoms with E-state index in [0.717, 1.165) is 6.42 Å². The summed E-state index contributed by atoms with van der Waals surface area (Å²) in [4.78, 5) is 11.9. The van der Waals surface area contributed by atoms with E-state index in [4.69, 9.17) is 9.47 Å². The molecule has 124 valence electrons. The number of hydrogen-bond donors (Lipinski definition) is 2. The number of rotatable bonds is 6. The second-order valence-electron chi connectivity index (χ2n) is 8.02. The summed E-state index contributed by atoms with van der Waals surface area (Å²) in [5.74, 6) is -0.323. The Morgan fingerprint density at radius 1 is 1.33 bits per heavy atom. The Bertz CT molecular complexity index is 345. The summed E-state index contributed by atoms with van der Waals surface area (Å²) < 4.78 is 10.4. The molecular formula is C16H30O5. The van der Waals surface area contributed by atoms with E-state index in [1.54, 1.807) is 0 Å². The molecule has 0 spiro atoms. The molecule has 0 radical (unpaired) electrons. The first-order valence-electron chi connectivity index (χ1n) is 7.64. The van der Waals surface area contributed by atoms with E-state index < -0.39 is 18.3 Å². The monoisotopic (exact) mass is 302 g/mol. The average Bonchev–Trinajstić information content (AvgIpc) is 2.68. The molecule has 0 amide bonds. The number of aliphatic hydroxyl groups is 2. The Morgan fingerprint density at radius 3 is 2.43 bits per heavy atom. The number of hydrogen-bond acceptors (Lipinski definition) is 5. The van der Waals surface area contributed by atoms with Crippen molar-refractivity contribution < 1.29 is 24.5 Å². The summed E-state index contributed by atoms with van der Waals surface area (Å²) in [6.07, 6.45) is -0.588. The zero-order chi connectivity index (χ0) is 16.3. The molecule has 0 saturated carbocycles. The number of carbonyl (C=O) groups is 1. The summed E-state index contributed by atoms with van der Waals surface area (Å²) in [6, 6.07) is 0. The highest BCUT2D eigenvalue weighted by Gasteiger charge is 2.34. The highest BCUT2D eigenvalue weighted by atomic mass is 16.6. The van der Waals surface area contributed by atoms with E-state index in [-0.39, 0.29) is 23.4 Å². The van der Waals surface area contributed by atoms with Gasteiger partial charge in [0, 0.05) is 6.61 Å². The van der Waals surface area contributed by atoms with Crippen LogP contribution in [0.5, 0.6) is 0 Å². The van der Waals surface area contributed by atoms with Gasteiger partial charge in [0.2, 0.25) is 0 Å². The largest absolute Gasteiger partial charge is 0.463 e. The Morgan fingerprint density at radius 2 is 1.95 bits per heavy atom. The van der Waals surface area contributed by atoms with E-state index >= 15 is 0 Å². The van der Waals surface area contributed by atoms with Gasteiger partial charge in [0.15, 0.2) is 0 Å². The van der Waals surface area contributed by atoms with E-state index in [1.165, 1.54) is 0 Å². The van der Waals surface area contributed by atoms with Gasteiger partial charge in [-0.15, -0.1) is 0 Å². The number of carbonyl (C=O) groups excluding carboxylic acids is 1. The van der Waals surface area contributed by atoms with Gasteiger partial charge in [-0.2, -0.15) is 0 Å². The molecule has 5 nitrogen and oxygen atoms in total. The lowest BCUT2D eigenvalue weighted by atomic mass is 9.74. The molecule has 1 fully saturated rings. The quantitative estimate of drug-likeness (QED) is 0.733. The smallest absolute Gasteiger partial charge is 0.306 e. The van der Waals surface area contributed by atoms with Crippen LogP contribution in [0.4, 0.5) is 0 Å². The highest BCUT2D eigenvalue weighted by molar-refractivity contribution is 5.70. The third-order valence-electron chi connectivity index (χ3n) is 3.53. The van der Waals surface area contributed by atoms with Gasteiger partial charge in [0.25, 0.3) is 0 Å². The van der Waals surface area contributed by atoms with Crippen molar-refractivity contribution in [1.29, 1.82) is 0 Å². The van der Waals surface area contributed by atoms with Crippen LogP contribution in [0.25, 0.3) is 0 Å². The molecule has 5 heteroatoms. The summed E-state index contributed by atoms with van der Waals surface area (Å²) >= 11 is 0. The lowest BCUT2D eigenvalue weighted by Crippen LogP contribution is -2.38. The van der Waals surface area contributed by atoms with E-state index in [1.807, 2.05) is 13.8 Å². The van der Waals surface area contributed by atoms with E-state index in [2.05, 4.69) is 20.8 Å². The van der Waals surface area contributed by atoms with Gasteiger partial charge < -0.3 is 19.7 Å². The summed E-state index contributed by atoms with van der Waals surface area (Å²) in [6.45, 7) is 10.8. The van der Waals surface area contributed by atoms with Crippen LogP contribution in [0.15, 0.2) is 0 Å². The Hall–Kier alpha value is -0.650. The highest BCUT2D eigenvalue weighted by Crippen LogP contribution is 2.35. The molecule has 1 aliphatic heterocycles. The lowest BCUT2D eigenvalue weighted by Gasteiger charge is -2.31. The molecule has 0 unspecified atom stereocenters. The second-order valence-corrected chi connectivity index (χ2v) is 8.02. The fraction of sp³-hybridized carbons (Fsp3) is 0.938. The van der Waals surface area contributed by atoms with Crippen LogP contribution in [0.1, 0.15) is 53.9 Å². The van der Waals surface area contributed by atoms with Gasteiger partial charge in [-0.25, -0.2) is 0 Å².